The lowest BCUT2D eigenvalue weighted by Crippen LogP contribution is -2.18. The van der Waals surface area contributed by atoms with Gasteiger partial charge in [0.25, 0.3) is 0 Å². The molecule has 0 amide bonds. The highest BCUT2D eigenvalue weighted by Gasteiger charge is 1.81. The molecule has 0 saturated heterocycles. The van der Waals surface area contributed by atoms with Crippen LogP contribution in [-0.2, 0) is 0 Å². The predicted molar refractivity (Wildman–Crippen MR) is 45.6 cm³/mol. The van der Waals surface area contributed by atoms with E-state index in [1.54, 1.807) is 6.08 Å². The van der Waals surface area contributed by atoms with Gasteiger partial charge in [-0.05, 0) is 13.0 Å². The Morgan fingerprint density at radius 2 is 2.44 bits per heavy atom. The number of hydrogen-bond acceptors (Lipinski definition) is 1. The molecule has 9 heavy (non-hydrogen) atoms. The normalized spacial score (nSPS) is 9.44. The Balaban J connectivity index is 3.38. The largest absolute Gasteiger partial charge is 0.373 e. The first-order valence-corrected chi connectivity index (χ1v) is 3.23. The van der Waals surface area contributed by atoms with E-state index in [0.717, 1.165) is 11.5 Å². The van der Waals surface area contributed by atoms with Crippen molar-refractivity contribution in [2.75, 3.05) is 6.54 Å². The second-order valence-corrected chi connectivity index (χ2v) is 1.97. The summed E-state index contributed by atoms with van der Waals surface area (Å²) in [5.74, 6) is 0. The molecule has 0 saturated carbocycles. The maximum absolute atomic E-state index is 4.87. The van der Waals surface area contributed by atoms with E-state index in [2.05, 4.69) is 11.9 Å². The summed E-state index contributed by atoms with van der Waals surface area (Å²) in [6.07, 6.45) is 5.52. The molecule has 1 N–H and O–H groups in total. The van der Waals surface area contributed by atoms with Crippen molar-refractivity contribution in [3.05, 3.63) is 24.8 Å². The summed E-state index contributed by atoms with van der Waals surface area (Å²) < 4.78 is 0. The van der Waals surface area contributed by atoms with Crippen molar-refractivity contribution in [1.82, 2.24) is 5.32 Å². The van der Waals surface area contributed by atoms with Gasteiger partial charge in [0.15, 0.2) is 0 Å². The second-order valence-electron chi connectivity index (χ2n) is 1.53. The second kappa shape index (κ2) is 5.51. The van der Waals surface area contributed by atoms with Gasteiger partial charge in [-0.15, -0.1) is 6.58 Å². The fourth-order valence-electron chi connectivity index (χ4n) is 0.383. The van der Waals surface area contributed by atoms with Crippen molar-refractivity contribution in [1.29, 1.82) is 0 Å². The van der Waals surface area contributed by atoms with Gasteiger partial charge in [-0.25, -0.2) is 0 Å². The van der Waals surface area contributed by atoms with E-state index >= 15 is 0 Å². The van der Waals surface area contributed by atoms with Crippen LogP contribution in [0.4, 0.5) is 0 Å². The third-order valence-electron chi connectivity index (χ3n) is 0.739. The lowest BCUT2D eigenvalue weighted by Gasteiger charge is -1.96. The molecular weight excluding hydrogens is 130 g/mol. The highest BCUT2D eigenvalue weighted by molar-refractivity contribution is 7.80. The van der Waals surface area contributed by atoms with Gasteiger partial charge in [-0.2, -0.15) is 0 Å². The van der Waals surface area contributed by atoms with Gasteiger partial charge in [0.05, 0.1) is 4.99 Å². The maximum atomic E-state index is 4.87. The summed E-state index contributed by atoms with van der Waals surface area (Å²) in [6, 6.07) is 0. The average molecular weight is 141 g/mol. The SMILES string of the molecule is C=CCNC(=S)C=CC. The molecule has 1 nitrogen and oxygen atoms in total. The summed E-state index contributed by atoms with van der Waals surface area (Å²) in [5.41, 5.74) is 0. The van der Waals surface area contributed by atoms with E-state index in [4.69, 9.17) is 12.2 Å². The number of thiocarbonyl (C=S) groups is 1. The average Bonchev–Trinajstić information content (AvgIpc) is 1.85. The summed E-state index contributed by atoms with van der Waals surface area (Å²) in [6.45, 7) is 6.22. The number of nitrogens with one attached hydrogen (secondary N) is 1. The zero-order chi connectivity index (χ0) is 7.11. The summed E-state index contributed by atoms with van der Waals surface area (Å²) in [7, 11) is 0. The Kier molecular flexibility index (Phi) is 5.12. The third kappa shape index (κ3) is 5.24. The fourth-order valence-corrected chi connectivity index (χ4v) is 0.602. The van der Waals surface area contributed by atoms with Crippen LogP contribution in [0.2, 0.25) is 0 Å². The number of rotatable bonds is 3. The first-order chi connectivity index (χ1) is 4.31. The topological polar surface area (TPSA) is 12.0 Å². The molecule has 0 aromatic heterocycles. The van der Waals surface area contributed by atoms with Crippen LogP contribution in [0.15, 0.2) is 24.8 Å². The fraction of sp³-hybridized carbons (Fsp3) is 0.286. The number of hydrogen-bond donors (Lipinski definition) is 1. The van der Waals surface area contributed by atoms with Gasteiger partial charge in [0, 0.05) is 6.54 Å². The zero-order valence-electron chi connectivity index (χ0n) is 5.55. The summed E-state index contributed by atoms with van der Waals surface area (Å²) in [4.78, 5) is 0.761. The molecule has 0 fully saturated rings. The molecule has 0 aliphatic rings. The standard InChI is InChI=1S/C7H11NS/c1-3-5-7(9)8-6-4-2/h3-5H,2,6H2,1H3,(H,8,9). The van der Waals surface area contributed by atoms with E-state index in [1.165, 1.54) is 0 Å². The molecule has 0 aromatic rings. The van der Waals surface area contributed by atoms with Crippen molar-refractivity contribution in [2.45, 2.75) is 6.92 Å². The third-order valence-corrected chi connectivity index (χ3v) is 1.02. The highest BCUT2D eigenvalue weighted by atomic mass is 32.1. The molecule has 0 aliphatic carbocycles. The van der Waals surface area contributed by atoms with Gasteiger partial charge >= 0.3 is 0 Å². The molecule has 0 aliphatic heterocycles. The first kappa shape index (κ1) is 8.37. The molecule has 0 spiro atoms. The van der Waals surface area contributed by atoms with Crippen molar-refractivity contribution < 1.29 is 0 Å². The Labute approximate surface area is 61.5 Å². The molecule has 0 radical (unpaired) electrons. The number of allylic oxidation sites excluding steroid dienone is 1. The van der Waals surface area contributed by atoms with Crippen LogP contribution in [0.25, 0.3) is 0 Å². The molecule has 50 valence electrons. The van der Waals surface area contributed by atoms with Crippen LogP contribution in [0.1, 0.15) is 6.92 Å². The van der Waals surface area contributed by atoms with Crippen molar-refractivity contribution in [3.63, 3.8) is 0 Å². The van der Waals surface area contributed by atoms with Gasteiger partial charge in [0.2, 0.25) is 0 Å². The molecule has 0 bridgehead atoms. The van der Waals surface area contributed by atoms with Gasteiger partial charge in [0.1, 0.15) is 0 Å². The zero-order valence-corrected chi connectivity index (χ0v) is 6.37. The van der Waals surface area contributed by atoms with Gasteiger partial charge in [-0.1, -0.05) is 24.4 Å². The van der Waals surface area contributed by atoms with Gasteiger partial charge in [-0.3, -0.25) is 0 Å². The lowest BCUT2D eigenvalue weighted by atomic mass is 10.5. The highest BCUT2D eigenvalue weighted by Crippen LogP contribution is 1.75. The minimum atomic E-state index is 0.739. The summed E-state index contributed by atoms with van der Waals surface area (Å²) in [5, 5.41) is 2.96. The van der Waals surface area contributed by atoms with Crippen LogP contribution in [0, 0.1) is 0 Å². The Morgan fingerprint density at radius 3 is 2.89 bits per heavy atom. The van der Waals surface area contributed by atoms with Crippen molar-refractivity contribution in [2.24, 2.45) is 0 Å². The molecule has 0 heterocycles. The van der Waals surface area contributed by atoms with Crippen LogP contribution >= 0.6 is 12.2 Å². The predicted octanol–water partition coefficient (Wildman–Crippen LogP) is 1.67. The minimum Gasteiger partial charge on any atom is -0.373 e. The minimum absolute atomic E-state index is 0.739. The molecule has 0 rings (SSSR count). The van der Waals surface area contributed by atoms with Crippen LogP contribution < -0.4 is 5.32 Å². The first-order valence-electron chi connectivity index (χ1n) is 2.82. The Bertz CT molecular complexity index is 127. The van der Waals surface area contributed by atoms with Crippen molar-refractivity contribution >= 4 is 17.2 Å². The quantitative estimate of drug-likeness (QED) is 0.364. The van der Waals surface area contributed by atoms with E-state index in [9.17, 15) is 0 Å². The molecule has 2 heteroatoms. The Morgan fingerprint density at radius 1 is 1.78 bits per heavy atom. The molecule has 0 atom stereocenters. The maximum Gasteiger partial charge on any atom is 0.0987 e. The van der Waals surface area contributed by atoms with E-state index in [-0.39, 0.29) is 0 Å². The van der Waals surface area contributed by atoms with E-state index in [0.29, 0.717) is 0 Å². The summed E-state index contributed by atoms with van der Waals surface area (Å²) >= 11 is 4.87. The monoisotopic (exact) mass is 141 g/mol. The molecule has 0 aromatic carbocycles. The molecule has 0 unspecified atom stereocenters. The smallest absolute Gasteiger partial charge is 0.0987 e. The van der Waals surface area contributed by atoms with Gasteiger partial charge < -0.3 is 5.32 Å². The van der Waals surface area contributed by atoms with Crippen molar-refractivity contribution in [3.8, 4) is 0 Å². The molecular formula is C7H11NS. The van der Waals surface area contributed by atoms with E-state index in [1.807, 2.05) is 19.1 Å². The van der Waals surface area contributed by atoms with Crippen LogP contribution in [0.5, 0.6) is 0 Å². The van der Waals surface area contributed by atoms with E-state index < -0.39 is 0 Å². The Hall–Kier alpha value is -0.630. The van der Waals surface area contributed by atoms with Crippen LogP contribution in [0.3, 0.4) is 0 Å². The van der Waals surface area contributed by atoms with Crippen LogP contribution in [-0.4, -0.2) is 11.5 Å². The lowest BCUT2D eigenvalue weighted by molar-refractivity contribution is 1.07.